The Morgan fingerprint density at radius 2 is 1.88 bits per heavy atom. The second-order valence-corrected chi connectivity index (χ2v) is 4.89. The molecule has 0 saturated carbocycles. The highest BCUT2D eigenvalue weighted by molar-refractivity contribution is 9.10. The molecule has 1 aliphatic heterocycles. The van der Waals surface area contributed by atoms with E-state index in [0.717, 1.165) is 15.7 Å². The van der Waals surface area contributed by atoms with E-state index in [0.29, 0.717) is 13.1 Å². The minimum absolute atomic E-state index is 0.0503. The fourth-order valence-corrected chi connectivity index (χ4v) is 2.28. The van der Waals surface area contributed by atoms with Crippen LogP contribution in [0.5, 0.6) is 0 Å². The predicted molar refractivity (Wildman–Crippen MR) is 64.3 cm³/mol. The topological polar surface area (TPSA) is 63.9 Å². The number of hydrogen-bond acceptors (Lipinski definition) is 4. The van der Waals surface area contributed by atoms with Crippen LogP contribution in [0.15, 0.2) is 22.7 Å². The first kappa shape index (κ1) is 11.9. The Balaban J connectivity index is 2.29. The van der Waals surface area contributed by atoms with Gasteiger partial charge in [-0.15, -0.1) is 0 Å². The van der Waals surface area contributed by atoms with Crippen molar-refractivity contribution in [3.63, 3.8) is 0 Å². The number of nitrogens with zero attached hydrogens (tertiary/aromatic N) is 1. The van der Waals surface area contributed by atoms with Gasteiger partial charge in [-0.3, -0.25) is 0 Å². The number of aliphatic hydroxyl groups excluding tert-OH is 3. The van der Waals surface area contributed by atoms with E-state index in [1.54, 1.807) is 0 Å². The lowest BCUT2D eigenvalue weighted by atomic mass is 10.1. The Bertz CT molecular complexity index is 375. The summed E-state index contributed by atoms with van der Waals surface area (Å²) < 4.78 is 0.913. The lowest BCUT2D eigenvalue weighted by molar-refractivity contribution is 0.0572. The average Bonchev–Trinajstić information content (AvgIpc) is 2.59. The van der Waals surface area contributed by atoms with Crippen molar-refractivity contribution in [3.05, 3.63) is 28.2 Å². The second-order valence-electron chi connectivity index (χ2n) is 3.97. The average molecular weight is 288 g/mol. The van der Waals surface area contributed by atoms with Crippen molar-refractivity contribution in [2.24, 2.45) is 0 Å². The van der Waals surface area contributed by atoms with Gasteiger partial charge in [-0.2, -0.15) is 0 Å². The summed E-state index contributed by atoms with van der Waals surface area (Å²) in [4.78, 5) is 1.88. The van der Waals surface area contributed by atoms with Crippen LogP contribution in [0, 0.1) is 0 Å². The van der Waals surface area contributed by atoms with E-state index < -0.39 is 12.2 Å². The van der Waals surface area contributed by atoms with E-state index in [1.807, 2.05) is 23.1 Å². The first-order valence-electron chi connectivity index (χ1n) is 5.12. The number of aliphatic hydroxyl groups is 3. The summed E-state index contributed by atoms with van der Waals surface area (Å²) in [6.07, 6.45) is -1.43. The lowest BCUT2D eigenvalue weighted by Gasteiger charge is -2.21. The van der Waals surface area contributed by atoms with Gasteiger partial charge in [0, 0.05) is 28.8 Å². The SMILES string of the molecule is OCc1ccc(Br)cc1N1CC(O)C(O)C1. The molecule has 88 valence electrons. The molecule has 0 aliphatic carbocycles. The number of β-amino-alcohol motifs (C(OH)–C–C–N with tert-alkyl or cyclic N) is 2. The molecule has 2 rings (SSSR count). The molecule has 1 aromatic rings. The molecule has 3 N–H and O–H groups in total. The van der Waals surface area contributed by atoms with Gasteiger partial charge in [0.25, 0.3) is 0 Å². The fraction of sp³-hybridized carbons (Fsp3) is 0.455. The number of halogens is 1. The smallest absolute Gasteiger partial charge is 0.0990 e. The third-order valence-corrected chi connectivity index (χ3v) is 3.31. The van der Waals surface area contributed by atoms with Crippen LogP contribution in [0.2, 0.25) is 0 Å². The number of anilines is 1. The molecule has 4 nitrogen and oxygen atoms in total. The van der Waals surface area contributed by atoms with Crippen LogP contribution in [-0.4, -0.2) is 40.6 Å². The van der Waals surface area contributed by atoms with Gasteiger partial charge >= 0.3 is 0 Å². The lowest BCUT2D eigenvalue weighted by Crippen LogP contribution is -2.22. The van der Waals surface area contributed by atoms with Crippen molar-refractivity contribution in [1.82, 2.24) is 0 Å². The summed E-state index contributed by atoms with van der Waals surface area (Å²) in [7, 11) is 0. The Morgan fingerprint density at radius 1 is 1.25 bits per heavy atom. The predicted octanol–water partition coefficient (Wildman–Crippen LogP) is 0.483. The van der Waals surface area contributed by atoms with Crippen molar-refractivity contribution in [2.75, 3.05) is 18.0 Å². The van der Waals surface area contributed by atoms with Crippen LogP contribution in [-0.2, 0) is 6.61 Å². The monoisotopic (exact) mass is 287 g/mol. The molecule has 1 fully saturated rings. The quantitative estimate of drug-likeness (QED) is 0.741. The standard InChI is InChI=1S/C11H14BrNO3/c12-8-2-1-7(6-14)9(3-8)13-4-10(15)11(16)5-13/h1-3,10-11,14-16H,4-6H2. The molecule has 1 aromatic carbocycles. The summed E-state index contributed by atoms with van der Waals surface area (Å²) in [5.41, 5.74) is 1.65. The molecule has 16 heavy (non-hydrogen) atoms. The molecule has 2 atom stereocenters. The van der Waals surface area contributed by atoms with Crippen LogP contribution in [0.25, 0.3) is 0 Å². The second kappa shape index (κ2) is 4.71. The highest BCUT2D eigenvalue weighted by Crippen LogP contribution is 2.28. The highest BCUT2D eigenvalue weighted by Gasteiger charge is 2.30. The first-order valence-corrected chi connectivity index (χ1v) is 5.91. The van der Waals surface area contributed by atoms with Crippen LogP contribution < -0.4 is 4.90 Å². The molecular formula is C11H14BrNO3. The van der Waals surface area contributed by atoms with Crippen LogP contribution >= 0.6 is 15.9 Å². The van der Waals surface area contributed by atoms with Gasteiger partial charge in [-0.25, -0.2) is 0 Å². The third-order valence-electron chi connectivity index (χ3n) is 2.82. The van der Waals surface area contributed by atoms with Gasteiger partial charge < -0.3 is 20.2 Å². The number of hydrogen-bond donors (Lipinski definition) is 3. The molecule has 0 radical (unpaired) electrons. The van der Waals surface area contributed by atoms with E-state index in [4.69, 9.17) is 0 Å². The Labute approximate surface area is 102 Å². The Kier molecular flexibility index (Phi) is 3.49. The van der Waals surface area contributed by atoms with Gasteiger partial charge in [-0.05, 0) is 12.1 Å². The molecular weight excluding hydrogens is 274 g/mol. The van der Waals surface area contributed by atoms with E-state index in [9.17, 15) is 15.3 Å². The summed E-state index contributed by atoms with van der Waals surface area (Å²) in [6, 6.07) is 5.57. The van der Waals surface area contributed by atoms with Crippen molar-refractivity contribution in [3.8, 4) is 0 Å². The van der Waals surface area contributed by atoms with Gasteiger partial charge in [0.1, 0.15) is 0 Å². The van der Waals surface area contributed by atoms with Gasteiger partial charge in [0.05, 0.1) is 18.8 Å². The summed E-state index contributed by atoms with van der Waals surface area (Å²) >= 11 is 3.37. The van der Waals surface area contributed by atoms with Crippen LogP contribution in [0.1, 0.15) is 5.56 Å². The van der Waals surface area contributed by atoms with E-state index >= 15 is 0 Å². The zero-order chi connectivity index (χ0) is 11.7. The minimum atomic E-state index is -0.717. The zero-order valence-electron chi connectivity index (χ0n) is 8.67. The van der Waals surface area contributed by atoms with Crippen molar-refractivity contribution in [2.45, 2.75) is 18.8 Å². The zero-order valence-corrected chi connectivity index (χ0v) is 10.3. The molecule has 0 bridgehead atoms. The molecule has 0 aromatic heterocycles. The Hall–Kier alpha value is -0.620. The molecule has 1 saturated heterocycles. The molecule has 1 heterocycles. The number of rotatable bonds is 2. The largest absolute Gasteiger partial charge is 0.392 e. The highest BCUT2D eigenvalue weighted by atomic mass is 79.9. The first-order chi connectivity index (χ1) is 7.61. The molecule has 0 spiro atoms. The normalized spacial score (nSPS) is 25.1. The maximum absolute atomic E-state index is 9.50. The van der Waals surface area contributed by atoms with E-state index in [-0.39, 0.29) is 6.61 Å². The van der Waals surface area contributed by atoms with Crippen molar-refractivity contribution >= 4 is 21.6 Å². The van der Waals surface area contributed by atoms with Gasteiger partial charge in [0.15, 0.2) is 0 Å². The van der Waals surface area contributed by atoms with Crippen LogP contribution in [0.4, 0.5) is 5.69 Å². The van der Waals surface area contributed by atoms with E-state index in [1.165, 1.54) is 0 Å². The minimum Gasteiger partial charge on any atom is -0.392 e. The maximum Gasteiger partial charge on any atom is 0.0990 e. The summed E-state index contributed by atoms with van der Waals surface area (Å²) in [5, 5.41) is 28.2. The van der Waals surface area contributed by atoms with Crippen molar-refractivity contribution < 1.29 is 15.3 Å². The van der Waals surface area contributed by atoms with E-state index in [2.05, 4.69) is 15.9 Å². The third kappa shape index (κ3) is 2.22. The molecule has 0 amide bonds. The fourth-order valence-electron chi connectivity index (χ4n) is 1.93. The molecule has 2 unspecified atom stereocenters. The van der Waals surface area contributed by atoms with Gasteiger partial charge in [-0.1, -0.05) is 22.0 Å². The van der Waals surface area contributed by atoms with Gasteiger partial charge in [0.2, 0.25) is 0 Å². The number of benzene rings is 1. The molecule has 5 heteroatoms. The van der Waals surface area contributed by atoms with Crippen LogP contribution in [0.3, 0.4) is 0 Å². The molecule has 1 aliphatic rings. The maximum atomic E-state index is 9.50. The van der Waals surface area contributed by atoms with Crippen molar-refractivity contribution in [1.29, 1.82) is 0 Å². The summed E-state index contributed by atoms with van der Waals surface area (Å²) in [5.74, 6) is 0. The summed E-state index contributed by atoms with van der Waals surface area (Å²) in [6.45, 7) is 0.737. The Morgan fingerprint density at radius 3 is 2.44 bits per heavy atom.